The highest BCUT2D eigenvalue weighted by atomic mass is 32.2. The number of imidazole rings is 1. The van der Waals surface area contributed by atoms with Crippen molar-refractivity contribution in [1.29, 1.82) is 0 Å². The van der Waals surface area contributed by atoms with Crippen molar-refractivity contribution < 1.29 is 22.7 Å². The van der Waals surface area contributed by atoms with Gasteiger partial charge in [0.05, 0.1) is 35.8 Å². The van der Waals surface area contributed by atoms with Crippen LogP contribution in [0.3, 0.4) is 0 Å². The van der Waals surface area contributed by atoms with Crippen LogP contribution in [0.2, 0.25) is 0 Å². The highest BCUT2D eigenvalue weighted by Crippen LogP contribution is 2.30. The van der Waals surface area contributed by atoms with E-state index in [1.54, 1.807) is 62.9 Å². The average molecular weight is 544 g/mol. The van der Waals surface area contributed by atoms with Crippen LogP contribution in [0.1, 0.15) is 21.9 Å². The number of anilines is 2. The van der Waals surface area contributed by atoms with Gasteiger partial charge in [-0.2, -0.15) is 0 Å². The lowest BCUT2D eigenvalue weighted by Gasteiger charge is -2.14. The Balaban J connectivity index is 1.49. The summed E-state index contributed by atoms with van der Waals surface area (Å²) in [5.74, 6) is 0.969. The van der Waals surface area contributed by atoms with Gasteiger partial charge in [0.15, 0.2) is 21.5 Å². The van der Waals surface area contributed by atoms with Crippen LogP contribution in [0.5, 0.6) is 11.5 Å². The number of aromatic nitrogens is 4. The minimum atomic E-state index is -3.86. The summed E-state index contributed by atoms with van der Waals surface area (Å²) in [4.78, 5) is 28.6. The predicted octanol–water partition coefficient (Wildman–Crippen LogP) is 4.51. The van der Waals surface area contributed by atoms with E-state index in [4.69, 9.17) is 9.47 Å². The molecular formula is C28H25N5O5S. The number of hydrogen-bond acceptors (Lipinski definition) is 9. The van der Waals surface area contributed by atoms with Gasteiger partial charge in [0, 0.05) is 42.7 Å². The number of ether oxygens (including phenoxy) is 2. The van der Waals surface area contributed by atoms with E-state index in [9.17, 15) is 13.2 Å². The Hall–Kier alpha value is -4.77. The fourth-order valence-corrected chi connectivity index (χ4v) is 5.40. The van der Waals surface area contributed by atoms with Gasteiger partial charge in [-0.05, 0) is 29.8 Å². The van der Waals surface area contributed by atoms with Crippen LogP contribution in [0.15, 0.2) is 84.0 Å². The van der Waals surface area contributed by atoms with Crippen molar-refractivity contribution in [2.75, 3.05) is 19.5 Å². The number of aromatic amines is 1. The van der Waals surface area contributed by atoms with Gasteiger partial charge < -0.3 is 19.8 Å². The number of hydrogen-bond donors (Lipinski definition) is 2. The van der Waals surface area contributed by atoms with Gasteiger partial charge in [0.2, 0.25) is 5.78 Å². The summed E-state index contributed by atoms with van der Waals surface area (Å²) in [7, 11) is -0.772. The van der Waals surface area contributed by atoms with Gasteiger partial charge in [-0.25, -0.2) is 23.4 Å². The van der Waals surface area contributed by atoms with Crippen LogP contribution in [0.4, 0.5) is 11.5 Å². The summed E-state index contributed by atoms with van der Waals surface area (Å²) < 4.78 is 37.9. The number of fused-ring (bicyclic) bond motifs is 1. The SMILES string of the molecule is COc1cc(Nc2nc3ccccc3nc2CS(=O)(=O)c2cccc(CC(=O)c3ncc[nH]3)c2)cc(OC)c1. The van der Waals surface area contributed by atoms with E-state index in [1.807, 2.05) is 12.1 Å². The van der Waals surface area contributed by atoms with Crippen molar-refractivity contribution in [3.8, 4) is 11.5 Å². The van der Waals surface area contributed by atoms with Crippen LogP contribution in [-0.4, -0.2) is 48.4 Å². The van der Waals surface area contributed by atoms with E-state index in [1.165, 1.54) is 18.3 Å². The monoisotopic (exact) mass is 543 g/mol. The van der Waals surface area contributed by atoms with E-state index in [0.29, 0.717) is 33.8 Å². The van der Waals surface area contributed by atoms with E-state index in [-0.39, 0.29) is 34.4 Å². The Kier molecular flexibility index (Phi) is 7.24. The van der Waals surface area contributed by atoms with Crippen LogP contribution >= 0.6 is 0 Å². The molecule has 5 aromatic rings. The highest BCUT2D eigenvalue weighted by Gasteiger charge is 2.22. The van der Waals surface area contributed by atoms with Crippen LogP contribution in [0, 0.1) is 0 Å². The number of nitrogens with one attached hydrogen (secondary N) is 2. The van der Waals surface area contributed by atoms with Crippen LogP contribution < -0.4 is 14.8 Å². The smallest absolute Gasteiger partial charge is 0.202 e. The number of benzene rings is 3. The van der Waals surface area contributed by atoms with E-state index in [0.717, 1.165) is 0 Å². The third-order valence-electron chi connectivity index (χ3n) is 5.97. The van der Waals surface area contributed by atoms with Gasteiger partial charge in [-0.1, -0.05) is 24.3 Å². The first-order valence-electron chi connectivity index (χ1n) is 11.9. The molecule has 0 saturated heterocycles. The molecule has 0 radical (unpaired) electrons. The number of nitrogens with zero attached hydrogens (tertiary/aromatic N) is 3. The molecule has 11 heteroatoms. The molecule has 0 aliphatic carbocycles. The Morgan fingerprint density at radius 1 is 0.923 bits per heavy atom. The van der Waals surface area contributed by atoms with Crippen molar-refractivity contribution in [3.63, 3.8) is 0 Å². The molecule has 0 saturated carbocycles. The Labute approximate surface area is 225 Å². The Morgan fingerprint density at radius 3 is 2.31 bits per heavy atom. The van der Waals surface area contributed by atoms with Crippen molar-refractivity contribution in [3.05, 3.63) is 96.2 Å². The summed E-state index contributed by atoms with van der Waals surface area (Å²) in [5, 5.41) is 3.19. The molecule has 0 bridgehead atoms. The minimum absolute atomic E-state index is 0.0110. The molecule has 2 heterocycles. The molecule has 0 atom stereocenters. The molecule has 198 valence electrons. The highest BCUT2D eigenvalue weighted by molar-refractivity contribution is 7.90. The number of carbonyl (C=O) groups is 1. The van der Waals surface area contributed by atoms with Gasteiger partial charge >= 0.3 is 0 Å². The maximum absolute atomic E-state index is 13.6. The van der Waals surface area contributed by atoms with Crippen molar-refractivity contribution in [2.45, 2.75) is 17.1 Å². The van der Waals surface area contributed by atoms with Crippen molar-refractivity contribution in [1.82, 2.24) is 19.9 Å². The van der Waals surface area contributed by atoms with Gasteiger partial charge in [0.1, 0.15) is 17.3 Å². The zero-order chi connectivity index (χ0) is 27.4. The van der Waals surface area contributed by atoms with Gasteiger partial charge in [-0.3, -0.25) is 4.79 Å². The van der Waals surface area contributed by atoms with Crippen molar-refractivity contribution in [2.24, 2.45) is 0 Å². The molecule has 2 aromatic heterocycles. The van der Waals surface area contributed by atoms with Gasteiger partial charge in [-0.15, -0.1) is 0 Å². The number of carbonyl (C=O) groups excluding carboxylic acids is 1. The lowest BCUT2D eigenvalue weighted by Crippen LogP contribution is -2.11. The molecular weight excluding hydrogens is 518 g/mol. The van der Waals surface area contributed by atoms with E-state index < -0.39 is 15.6 Å². The lowest BCUT2D eigenvalue weighted by molar-refractivity contribution is 0.0984. The number of H-pyrrole nitrogens is 1. The number of methoxy groups -OCH3 is 2. The molecule has 5 rings (SSSR count). The zero-order valence-corrected chi connectivity index (χ0v) is 22.0. The number of rotatable bonds is 10. The third kappa shape index (κ3) is 5.88. The second-order valence-electron chi connectivity index (χ2n) is 8.68. The molecule has 0 aliphatic rings. The molecule has 0 fully saturated rings. The Bertz CT molecular complexity index is 1730. The first kappa shape index (κ1) is 25.9. The first-order valence-corrected chi connectivity index (χ1v) is 13.6. The summed E-state index contributed by atoms with van der Waals surface area (Å²) >= 11 is 0. The van der Waals surface area contributed by atoms with Crippen LogP contribution in [-0.2, 0) is 22.0 Å². The maximum atomic E-state index is 13.6. The minimum Gasteiger partial charge on any atom is -0.497 e. The molecule has 3 aromatic carbocycles. The maximum Gasteiger partial charge on any atom is 0.202 e. The van der Waals surface area contributed by atoms with E-state index in [2.05, 4.69) is 25.3 Å². The summed E-state index contributed by atoms with van der Waals surface area (Å²) in [6, 6.07) is 18.8. The average Bonchev–Trinajstić information content (AvgIpc) is 3.48. The Morgan fingerprint density at radius 2 is 1.64 bits per heavy atom. The molecule has 2 N–H and O–H groups in total. The van der Waals surface area contributed by atoms with Gasteiger partial charge in [0.25, 0.3) is 0 Å². The molecule has 10 nitrogen and oxygen atoms in total. The molecule has 0 unspecified atom stereocenters. The second-order valence-corrected chi connectivity index (χ2v) is 10.7. The standard InChI is InChI=1S/C28H25N5O5S/c1-37-20-14-19(15-21(16-20)38-2)31-27-25(32-23-8-3-4-9-24(23)33-27)17-39(35,36)22-7-5-6-18(12-22)13-26(34)28-29-10-11-30-28/h3-12,14-16H,13,17H2,1-2H3,(H,29,30)(H,31,33). The van der Waals surface area contributed by atoms with E-state index >= 15 is 0 Å². The van der Waals surface area contributed by atoms with Crippen molar-refractivity contribution >= 4 is 38.2 Å². The largest absolute Gasteiger partial charge is 0.497 e. The number of Topliss-reactive ketones (excluding diaryl/α,β-unsaturated/α-hetero) is 1. The second kappa shape index (κ2) is 10.9. The first-order chi connectivity index (χ1) is 18.8. The van der Waals surface area contributed by atoms with Crippen LogP contribution in [0.25, 0.3) is 11.0 Å². The zero-order valence-electron chi connectivity index (χ0n) is 21.2. The molecule has 0 amide bonds. The molecule has 39 heavy (non-hydrogen) atoms. The number of ketones is 1. The predicted molar refractivity (Wildman–Crippen MR) is 146 cm³/mol. The fraction of sp³-hybridized carbons (Fsp3) is 0.143. The number of para-hydroxylation sites is 2. The summed E-state index contributed by atoms with van der Waals surface area (Å²) in [6.45, 7) is 0. The molecule has 0 spiro atoms. The fourth-order valence-electron chi connectivity index (χ4n) is 4.05. The normalized spacial score (nSPS) is 11.3. The third-order valence-corrected chi connectivity index (χ3v) is 7.59. The topological polar surface area (TPSA) is 136 Å². The lowest BCUT2D eigenvalue weighted by atomic mass is 10.1. The summed E-state index contributed by atoms with van der Waals surface area (Å²) in [6.07, 6.45) is 3.06. The quantitative estimate of drug-likeness (QED) is 0.244. The molecule has 0 aliphatic heterocycles. The number of sulfone groups is 1. The summed E-state index contributed by atoms with van der Waals surface area (Å²) in [5.41, 5.74) is 2.56.